The van der Waals surface area contributed by atoms with Crippen LogP contribution in [0.2, 0.25) is 0 Å². The van der Waals surface area contributed by atoms with Crippen molar-refractivity contribution in [1.82, 2.24) is 4.90 Å². The van der Waals surface area contributed by atoms with Crippen LogP contribution in [0, 0.1) is 0 Å². The molecule has 2 amide bonds. The Labute approximate surface area is 166 Å². The second kappa shape index (κ2) is 8.90. The fourth-order valence-electron chi connectivity index (χ4n) is 2.66. The fraction of sp³-hybridized carbons (Fsp3) is 0.250. The number of carbonyl (C=O) groups is 3. The van der Waals surface area contributed by atoms with Gasteiger partial charge in [0.1, 0.15) is 11.5 Å². The molecule has 0 radical (unpaired) electrons. The van der Waals surface area contributed by atoms with Gasteiger partial charge in [0.15, 0.2) is 0 Å². The summed E-state index contributed by atoms with van der Waals surface area (Å²) in [6.07, 6.45) is 2.15. The Morgan fingerprint density at radius 2 is 1.89 bits per heavy atom. The summed E-state index contributed by atoms with van der Waals surface area (Å²) in [6.45, 7) is 0.808. The fourth-order valence-corrected chi connectivity index (χ4v) is 3.51. The molecule has 3 rings (SSSR count). The molecule has 0 bridgehead atoms. The smallest absolute Gasteiger partial charge is 0.337 e. The predicted molar refractivity (Wildman–Crippen MR) is 105 cm³/mol. The molecule has 1 aromatic carbocycles. The highest BCUT2D eigenvalue weighted by Gasteiger charge is 2.34. The molecule has 0 aliphatic carbocycles. The van der Waals surface area contributed by atoms with Crippen LogP contribution in [0.5, 0.6) is 0 Å². The molecule has 7 nitrogen and oxygen atoms in total. The molecular formula is C20H19NO6S. The number of thioether (sulfide) groups is 1. The Morgan fingerprint density at radius 3 is 2.57 bits per heavy atom. The first-order chi connectivity index (χ1) is 13.5. The molecular weight excluding hydrogens is 382 g/mol. The van der Waals surface area contributed by atoms with Crippen molar-refractivity contribution >= 4 is 35.0 Å². The van der Waals surface area contributed by atoms with Crippen LogP contribution in [0.25, 0.3) is 17.4 Å². The standard InChI is InChI=1S/C20H19NO6S/c1-25-11-3-10-21-18(22)17(28-20(21)24)12-15-8-9-16(27-15)13-4-6-14(7-5-13)19(23)26-2/h4-9,12H,3,10-11H2,1-2H3/b17-12-. The van der Waals surface area contributed by atoms with Gasteiger partial charge in [0, 0.05) is 31.9 Å². The second-order valence-electron chi connectivity index (χ2n) is 5.95. The number of amides is 2. The van der Waals surface area contributed by atoms with Crippen LogP contribution < -0.4 is 0 Å². The van der Waals surface area contributed by atoms with Crippen LogP contribution in [0.4, 0.5) is 4.79 Å². The van der Waals surface area contributed by atoms with Gasteiger partial charge < -0.3 is 13.9 Å². The molecule has 2 heterocycles. The van der Waals surface area contributed by atoms with Gasteiger partial charge in [-0.3, -0.25) is 14.5 Å². The molecule has 0 saturated carbocycles. The summed E-state index contributed by atoms with van der Waals surface area (Å²) in [5, 5.41) is -0.294. The van der Waals surface area contributed by atoms with Crippen LogP contribution in [0.15, 0.2) is 45.7 Å². The number of methoxy groups -OCH3 is 2. The first kappa shape index (κ1) is 19.9. The van der Waals surface area contributed by atoms with Gasteiger partial charge in [0.05, 0.1) is 17.6 Å². The van der Waals surface area contributed by atoms with E-state index in [1.807, 2.05) is 0 Å². The normalized spacial score (nSPS) is 15.5. The van der Waals surface area contributed by atoms with Crippen molar-refractivity contribution in [3.8, 4) is 11.3 Å². The van der Waals surface area contributed by atoms with Gasteiger partial charge >= 0.3 is 5.97 Å². The number of hydrogen-bond acceptors (Lipinski definition) is 7. The minimum atomic E-state index is -0.409. The average molecular weight is 401 g/mol. The zero-order valence-electron chi connectivity index (χ0n) is 15.5. The lowest BCUT2D eigenvalue weighted by atomic mass is 10.1. The monoisotopic (exact) mass is 401 g/mol. The largest absolute Gasteiger partial charge is 0.465 e. The Balaban J connectivity index is 1.73. The van der Waals surface area contributed by atoms with Crippen LogP contribution in [0.1, 0.15) is 22.5 Å². The Morgan fingerprint density at radius 1 is 1.14 bits per heavy atom. The lowest BCUT2D eigenvalue weighted by Crippen LogP contribution is -2.29. The van der Waals surface area contributed by atoms with E-state index in [2.05, 4.69) is 4.74 Å². The summed E-state index contributed by atoms with van der Waals surface area (Å²) >= 11 is 0.894. The second-order valence-corrected chi connectivity index (χ2v) is 6.94. The molecule has 1 saturated heterocycles. The molecule has 0 N–H and O–H groups in total. The van der Waals surface area contributed by atoms with E-state index in [-0.39, 0.29) is 11.1 Å². The number of furan rings is 1. The summed E-state index contributed by atoms with van der Waals surface area (Å²) in [7, 11) is 2.90. The Kier molecular flexibility index (Phi) is 6.33. The van der Waals surface area contributed by atoms with E-state index >= 15 is 0 Å². The van der Waals surface area contributed by atoms with Gasteiger partial charge in [-0.1, -0.05) is 12.1 Å². The molecule has 0 spiro atoms. The summed E-state index contributed by atoms with van der Waals surface area (Å²) in [5.74, 6) is 0.316. The number of benzene rings is 1. The third kappa shape index (κ3) is 4.35. The molecule has 1 aliphatic rings. The van der Waals surface area contributed by atoms with Crippen molar-refractivity contribution in [2.75, 3.05) is 27.4 Å². The molecule has 0 atom stereocenters. The summed E-state index contributed by atoms with van der Waals surface area (Å²) in [6, 6.07) is 10.3. The van der Waals surface area contributed by atoms with Crippen molar-refractivity contribution < 1.29 is 28.3 Å². The van der Waals surface area contributed by atoms with Gasteiger partial charge in [-0.05, 0) is 42.4 Å². The molecule has 1 aromatic heterocycles. The van der Waals surface area contributed by atoms with Crippen molar-refractivity contribution in [2.45, 2.75) is 6.42 Å². The maximum Gasteiger partial charge on any atom is 0.337 e. The minimum Gasteiger partial charge on any atom is -0.465 e. The summed E-state index contributed by atoms with van der Waals surface area (Å²) in [4.78, 5) is 37.5. The van der Waals surface area contributed by atoms with E-state index in [0.29, 0.717) is 41.6 Å². The highest BCUT2D eigenvalue weighted by atomic mass is 32.2. The number of hydrogen-bond donors (Lipinski definition) is 0. The highest BCUT2D eigenvalue weighted by molar-refractivity contribution is 8.18. The molecule has 28 heavy (non-hydrogen) atoms. The third-order valence-corrected chi connectivity index (χ3v) is 5.00. The third-order valence-electron chi connectivity index (χ3n) is 4.09. The molecule has 1 fully saturated rings. The van der Waals surface area contributed by atoms with Crippen molar-refractivity contribution in [2.24, 2.45) is 0 Å². The quantitative estimate of drug-likeness (QED) is 0.396. The SMILES string of the molecule is COCCCN1C(=O)S/C(=C\c2ccc(-c3ccc(C(=O)OC)cc3)o2)C1=O. The van der Waals surface area contributed by atoms with E-state index < -0.39 is 5.97 Å². The molecule has 8 heteroatoms. The van der Waals surface area contributed by atoms with Crippen LogP contribution in [-0.2, 0) is 14.3 Å². The van der Waals surface area contributed by atoms with E-state index in [9.17, 15) is 14.4 Å². The predicted octanol–water partition coefficient (Wildman–Crippen LogP) is 3.81. The lowest BCUT2D eigenvalue weighted by Gasteiger charge is -2.11. The number of ether oxygens (including phenoxy) is 2. The molecule has 1 aliphatic heterocycles. The molecule has 146 valence electrons. The van der Waals surface area contributed by atoms with Crippen LogP contribution >= 0.6 is 11.8 Å². The number of rotatable bonds is 7. The number of imide groups is 1. The molecule has 0 unspecified atom stereocenters. The highest BCUT2D eigenvalue weighted by Crippen LogP contribution is 2.33. The van der Waals surface area contributed by atoms with Crippen molar-refractivity contribution in [3.63, 3.8) is 0 Å². The molecule has 2 aromatic rings. The van der Waals surface area contributed by atoms with Crippen molar-refractivity contribution in [3.05, 3.63) is 52.6 Å². The maximum atomic E-state index is 12.4. The lowest BCUT2D eigenvalue weighted by molar-refractivity contribution is -0.122. The topological polar surface area (TPSA) is 86.1 Å². The van der Waals surface area contributed by atoms with Gasteiger partial charge in [0.2, 0.25) is 0 Å². The minimum absolute atomic E-state index is 0.294. The van der Waals surface area contributed by atoms with Crippen LogP contribution in [-0.4, -0.2) is 49.4 Å². The van der Waals surface area contributed by atoms with E-state index in [0.717, 1.165) is 17.3 Å². The number of esters is 1. The van der Waals surface area contributed by atoms with E-state index in [1.165, 1.54) is 12.0 Å². The zero-order valence-corrected chi connectivity index (χ0v) is 16.3. The summed E-state index contributed by atoms with van der Waals surface area (Å²) < 4.78 is 15.4. The first-order valence-corrected chi connectivity index (χ1v) is 9.38. The first-order valence-electron chi connectivity index (χ1n) is 8.56. The summed E-state index contributed by atoms with van der Waals surface area (Å²) in [5.41, 5.74) is 1.22. The van der Waals surface area contributed by atoms with Crippen LogP contribution in [0.3, 0.4) is 0 Å². The Hall–Kier alpha value is -2.84. The van der Waals surface area contributed by atoms with Gasteiger partial charge in [-0.15, -0.1) is 0 Å². The van der Waals surface area contributed by atoms with Crippen molar-refractivity contribution in [1.29, 1.82) is 0 Å². The maximum absolute atomic E-state index is 12.4. The van der Waals surface area contributed by atoms with E-state index in [1.54, 1.807) is 49.6 Å². The Bertz CT molecular complexity index is 915. The number of nitrogens with zero attached hydrogens (tertiary/aromatic N) is 1. The van der Waals surface area contributed by atoms with Gasteiger partial charge in [-0.2, -0.15) is 0 Å². The van der Waals surface area contributed by atoms with Gasteiger partial charge in [-0.25, -0.2) is 4.79 Å². The van der Waals surface area contributed by atoms with E-state index in [4.69, 9.17) is 9.15 Å². The van der Waals surface area contributed by atoms with Gasteiger partial charge in [0.25, 0.3) is 11.1 Å². The average Bonchev–Trinajstić information content (AvgIpc) is 3.27. The zero-order chi connectivity index (χ0) is 20.1. The number of carbonyl (C=O) groups excluding carboxylic acids is 3.